The molecule has 2 nitrogen and oxygen atoms in total. The molecular weight excluding hydrogens is 124 g/mol. The van der Waals surface area contributed by atoms with Crippen molar-refractivity contribution in [1.29, 1.82) is 0 Å². The molecule has 0 aliphatic rings. The van der Waals surface area contributed by atoms with Gasteiger partial charge in [-0.25, -0.2) is 0 Å². The Morgan fingerprint density at radius 1 is 1.70 bits per heavy atom. The molecular formula is C8H16N2. The SMILES string of the molecule is C=CN(C)/C(=C\N)CCC. The molecule has 0 heterocycles. The zero-order chi connectivity index (χ0) is 7.98. The molecule has 0 aromatic carbocycles. The lowest BCUT2D eigenvalue weighted by Gasteiger charge is -2.16. The van der Waals surface area contributed by atoms with Crippen molar-refractivity contribution in [1.82, 2.24) is 4.90 Å². The van der Waals surface area contributed by atoms with E-state index in [-0.39, 0.29) is 0 Å². The fraction of sp³-hybridized carbons (Fsp3) is 0.500. The fourth-order valence-corrected chi connectivity index (χ4v) is 0.751. The second kappa shape index (κ2) is 4.91. The van der Waals surface area contributed by atoms with Crippen LogP contribution in [0.2, 0.25) is 0 Å². The van der Waals surface area contributed by atoms with Gasteiger partial charge in [0.2, 0.25) is 0 Å². The second-order valence-electron chi connectivity index (χ2n) is 2.20. The summed E-state index contributed by atoms with van der Waals surface area (Å²) in [6.07, 6.45) is 5.51. The number of rotatable bonds is 4. The fourth-order valence-electron chi connectivity index (χ4n) is 0.751. The predicted molar refractivity (Wildman–Crippen MR) is 45.1 cm³/mol. The predicted octanol–water partition coefficient (Wildman–Crippen LogP) is 1.66. The molecule has 0 fully saturated rings. The van der Waals surface area contributed by atoms with Gasteiger partial charge in [0.05, 0.1) is 0 Å². The number of nitrogens with zero attached hydrogens (tertiary/aromatic N) is 1. The summed E-state index contributed by atoms with van der Waals surface area (Å²) in [4.78, 5) is 1.93. The van der Waals surface area contributed by atoms with Gasteiger partial charge in [-0.15, -0.1) is 0 Å². The monoisotopic (exact) mass is 140 g/mol. The average Bonchev–Trinajstić information content (AvgIpc) is 1.99. The molecule has 0 rings (SSSR count). The van der Waals surface area contributed by atoms with Crippen LogP contribution in [0.5, 0.6) is 0 Å². The molecule has 0 amide bonds. The first-order chi connectivity index (χ1) is 4.76. The molecule has 58 valence electrons. The Morgan fingerprint density at radius 3 is 2.60 bits per heavy atom. The van der Waals surface area contributed by atoms with E-state index in [9.17, 15) is 0 Å². The summed E-state index contributed by atoms with van der Waals surface area (Å²) in [5.74, 6) is 0. The maximum absolute atomic E-state index is 5.38. The van der Waals surface area contributed by atoms with Crippen LogP contribution in [-0.2, 0) is 0 Å². The lowest BCUT2D eigenvalue weighted by Crippen LogP contribution is -2.10. The van der Waals surface area contributed by atoms with Crippen molar-refractivity contribution in [3.63, 3.8) is 0 Å². The molecule has 0 atom stereocenters. The Morgan fingerprint density at radius 2 is 2.30 bits per heavy atom. The van der Waals surface area contributed by atoms with Crippen LogP contribution in [0.25, 0.3) is 0 Å². The first kappa shape index (κ1) is 9.08. The summed E-state index contributed by atoms with van der Waals surface area (Å²) in [7, 11) is 1.95. The molecule has 0 saturated heterocycles. The first-order valence-corrected chi connectivity index (χ1v) is 3.52. The van der Waals surface area contributed by atoms with Gasteiger partial charge < -0.3 is 10.6 Å². The van der Waals surface area contributed by atoms with Crippen molar-refractivity contribution in [3.05, 3.63) is 24.7 Å². The molecule has 0 unspecified atom stereocenters. The van der Waals surface area contributed by atoms with Crippen LogP contribution in [0, 0.1) is 0 Å². The van der Waals surface area contributed by atoms with Gasteiger partial charge in [0.15, 0.2) is 0 Å². The zero-order valence-corrected chi connectivity index (χ0v) is 6.80. The highest BCUT2D eigenvalue weighted by Crippen LogP contribution is 2.06. The summed E-state index contributed by atoms with van der Waals surface area (Å²) in [6, 6.07) is 0. The van der Waals surface area contributed by atoms with Gasteiger partial charge >= 0.3 is 0 Å². The normalized spacial score (nSPS) is 11.2. The summed E-state index contributed by atoms with van der Waals surface area (Å²) in [6.45, 7) is 5.77. The number of hydrogen-bond acceptors (Lipinski definition) is 2. The molecule has 10 heavy (non-hydrogen) atoms. The highest BCUT2D eigenvalue weighted by molar-refractivity contribution is 5.00. The van der Waals surface area contributed by atoms with Crippen molar-refractivity contribution in [2.24, 2.45) is 5.73 Å². The van der Waals surface area contributed by atoms with Crippen LogP contribution in [0.3, 0.4) is 0 Å². The maximum Gasteiger partial charge on any atom is 0.0327 e. The van der Waals surface area contributed by atoms with E-state index in [1.54, 1.807) is 12.4 Å². The Bertz CT molecular complexity index is 127. The van der Waals surface area contributed by atoms with Crippen molar-refractivity contribution >= 4 is 0 Å². The van der Waals surface area contributed by atoms with Gasteiger partial charge in [0, 0.05) is 18.9 Å². The van der Waals surface area contributed by atoms with E-state index in [1.807, 2.05) is 11.9 Å². The summed E-state index contributed by atoms with van der Waals surface area (Å²) >= 11 is 0. The third-order valence-electron chi connectivity index (χ3n) is 1.43. The van der Waals surface area contributed by atoms with Crippen LogP contribution < -0.4 is 5.73 Å². The van der Waals surface area contributed by atoms with Gasteiger partial charge in [-0.1, -0.05) is 19.9 Å². The molecule has 0 aromatic heterocycles. The van der Waals surface area contributed by atoms with E-state index in [0.29, 0.717) is 0 Å². The van der Waals surface area contributed by atoms with Crippen LogP contribution >= 0.6 is 0 Å². The summed E-state index contributed by atoms with van der Waals surface area (Å²) in [5, 5.41) is 0. The van der Waals surface area contributed by atoms with Crippen molar-refractivity contribution in [2.45, 2.75) is 19.8 Å². The van der Waals surface area contributed by atoms with Crippen molar-refractivity contribution < 1.29 is 0 Å². The van der Waals surface area contributed by atoms with E-state index in [4.69, 9.17) is 5.73 Å². The van der Waals surface area contributed by atoms with Gasteiger partial charge in [-0.2, -0.15) is 0 Å². The van der Waals surface area contributed by atoms with Crippen molar-refractivity contribution in [2.75, 3.05) is 7.05 Å². The molecule has 0 aliphatic carbocycles. The molecule has 2 N–H and O–H groups in total. The Kier molecular flexibility index (Phi) is 4.46. The third-order valence-corrected chi connectivity index (χ3v) is 1.43. The molecule has 0 spiro atoms. The number of allylic oxidation sites excluding steroid dienone is 1. The van der Waals surface area contributed by atoms with E-state index < -0.39 is 0 Å². The van der Waals surface area contributed by atoms with Gasteiger partial charge in [0.1, 0.15) is 0 Å². The van der Waals surface area contributed by atoms with E-state index in [0.717, 1.165) is 18.5 Å². The van der Waals surface area contributed by atoms with Crippen LogP contribution in [0.4, 0.5) is 0 Å². The van der Waals surface area contributed by atoms with Gasteiger partial charge in [-0.05, 0) is 12.6 Å². The molecule has 0 saturated carbocycles. The first-order valence-electron chi connectivity index (χ1n) is 3.52. The standard InChI is InChI=1S/C8H16N2/c1-4-6-8(7-9)10(3)5-2/h5,7H,2,4,6,9H2,1,3H3/b8-7-. The minimum absolute atomic E-state index is 1.01. The zero-order valence-electron chi connectivity index (χ0n) is 6.80. The molecule has 0 aliphatic heterocycles. The molecule has 0 bridgehead atoms. The van der Waals surface area contributed by atoms with Crippen LogP contribution in [-0.4, -0.2) is 11.9 Å². The minimum atomic E-state index is 1.01. The van der Waals surface area contributed by atoms with Crippen LogP contribution in [0.1, 0.15) is 19.8 Å². The maximum atomic E-state index is 5.38. The second-order valence-corrected chi connectivity index (χ2v) is 2.20. The van der Waals surface area contributed by atoms with E-state index in [2.05, 4.69) is 13.5 Å². The largest absolute Gasteiger partial charge is 0.403 e. The summed E-state index contributed by atoms with van der Waals surface area (Å²) in [5.41, 5.74) is 6.51. The van der Waals surface area contributed by atoms with Crippen LogP contribution in [0.15, 0.2) is 24.7 Å². The topological polar surface area (TPSA) is 29.3 Å². The number of hydrogen-bond donors (Lipinski definition) is 1. The Labute approximate surface area is 63.0 Å². The highest BCUT2D eigenvalue weighted by Gasteiger charge is 1.96. The quantitative estimate of drug-likeness (QED) is 0.643. The van der Waals surface area contributed by atoms with Gasteiger partial charge in [-0.3, -0.25) is 0 Å². The average molecular weight is 140 g/mol. The summed E-state index contributed by atoms with van der Waals surface area (Å²) < 4.78 is 0. The number of nitrogens with two attached hydrogens (primary N) is 1. The van der Waals surface area contributed by atoms with E-state index >= 15 is 0 Å². The Hall–Kier alpha value is -0.920. The highest BCUT2D eigenvalue weighted by atomic mass is 15.1. The molecule has 0 aromatic rings. The minimum Gasteiger partial charge on any atom is -0.403 e. The third kappa shape index (κ3) is 2.58. The smallest absolute Gasteiger partial charge is 0.0327 e. The van der Waals surface area contributed by atoms with Crippen molar-refractivity contribution in [3.8, 4) is 0 Å². The molecule has 2 heteroatoms. The van der Waals surface area contributed by atoms with Gasteiger partial charge in [0.25, 0.3) is 0 Å². The molecule has 0 radical (unpaired) electrons. The van der Waals surface area contributed by atoms with E-state index in [1.165, 1.54) is 0 Å². The lowest BCUT2D eigenvalue weighted by atomic mass is 10.2. The lowest BCUT2D eigenvalue weighted by molar-refractivity contribution is 0.533. The Balaban J connectivity index is 3.94.